The summed E-state index contributed by atoms with van der Waals surface area (Å²) in [4.78, 5) is 2.80. The maximum absolute atomic E-state index is 5.67. The smallest absolute Gasteiger partial charge is 0.0624 e. The molecule has 3 fully saturated rings. The average molecular weight is 227 g/mol. The summed E-state index contributed by atoms with van der Waals surface area (Å²) >= 11 is 2.03. The summed E-state index contributed by atoms with van der Waals surface area (Å²) in [5, 5.41) is 0. The van der Waals surface area contributed by atoms with Crippen LogP contribution in [0.2, 0.25) is 0 Å². The highest BCUT2D eigenvalue weighted by atomic mass is 32.2. The molecule has 3 heteroatoms. The lowest BCUT2D eigenvalue weighted by molar-refractivity contribution is 0.0105. The van der Waals surface area contributed by atoms with Crippen molar-refractivity contribution in [3.8, 4) is 0 Å². The summed E-state index contributed by atoms with van der Waals surface area (Å²) in [5.41, 5.74) is 0.558. The van der Waals surface area contributed by atoms with Crippen molar-refractivity contribution in [2.75, 3.05) is 31.8 Å². The molecule has 0 spiro atoms. The Labute approximate surface area is 96.7 Å². The molecule has 0 aromatic rings. The number of thioether (sulfide) groups is 1. The Morgan fingerprint density at radius 3 is 3.33 bits per heavy atom. The van der Waals surface area contributed by atoms with Crippen molar-refractivity contribution < 1.29 is 4.74 Å². The van der Waals surface area contributed by atoms with Crippen LogP contribution in [0, 0.1) is 5.92 Å². The molecule has 0 aromatic heterocycles. The van der Waals surface area contributed by atoms with E-state index in [1.807, 2.05) is 11.8 Å². The number of ether oxygens (including phenoxy) is 1. The van der Waals surface area contributed by atoms with Crippen molar-refractivity contribution in [3.63, 3.8) is 0 Å². The number of rotatable bonds is 2. The zero-order valence-electron chi connectivity index (χ0n) is 9.58. The number of fused-ring (bicyclic) bond motifs is 3. The summed E-state index contributed by atoms with van der Waals surface area (Å²) in [6.45, 7) is 3.33. The van der Waals surface area contributed by atoms with E-state index < -0.39 is 0 Å². The molecule has 3 rings (SSSR count). The largest absolute Gasteiger partial charge is 0.380 e. The van der Waals surface area contributed by atoms with Gasteiger partial charge < -0.3 is 4.74 Å². The van der Waals surface area contributed by atoms with Crippen LogP contribution in [0.4, 0.5) is 0 Å². The summed E-state index contributed by atoms with van der Waals surface area (Å²) in [6.07, 6.45) is 7.84. The Kier molecular flexibility index (Phi) is 2.74. The van der Waals surface area contributed by atoms with E-state index in [2.05, 4.69) is 11.2 Å². The van der Waals surface area contributed by atoms with Crippen LogP contribution in [0.25, 0.3) is 0 Å². The van der Waals surface area contributed by atoms with Gasteiger partial charge in [0.25, 0.3) is 0 Å². The standard InChI is InChI=1S/C12H21NOS/c1-15-9-12-4-2-5-13(12)11-8-14-6-3-10(11)7-12/h10-11H,2-9H2,1H3. The minimum Gasteiger partial charge on any atom is -0.380 e. The van der Waals surface area contributed by atoms with Crippen LogP contribution in [-0.4, -0.2) is 48.2 Å². The molecule has 0 bridgehead atoms. The lowest BCUT2D eigenvalue weighted by Crippen LogP contribution is -2.47. The normalized spacial score (nSPS) is 45.4. The third-order valence-corrected chi connectivity index (χ3v) is 5.40. The highest BCUT2D eigenvalue weighted by Crippen LogP contribution is 2.48. The van der Waals surface area contributed by atoms with Gasteiger partial charge in [0.15, 0.2) is 0 Å². The Morgan fingerprint density at radius 2 is 2.47 bits per heavy atom. The highest BCUT2D eigenvalue weighted by molar-refractivity contribution is 7.98. The van der Waals surface area contributed by atoms with Crippen molar-refractivity contribution in [1.29, 1.82) is 0 Å². The van der Waals surface area contributed by atoms with Crippen LogP contribution in [0.3, 0.4) is 0 Å². The van der Waals surface area contributed by atoms with Gasteiger partial charge in [0.1, 0.15) is 0 Å². The molecule has 3 aliphatic heterocycles. The summed E-state index contributed by atoms with van der Waals surface area (Å²) in [5.74, 6) is 2.27. The molecule has 0 N–H and O–H groups in total. The van der Waals surface area contributed by atoms with Crippen LogP contribution in [0.15, 0.2) is 0 Å². The predicted octanol–water partition coefficient (Wildman–Crippen LogP) is 1.99. The first kappa shape index (κ1) is 10.4. The number of hydrogen-bond donors (Lipinski definition) is 0. The lowest BCUT2D eigenvalue weighted by atomic mass is 9.87. The Hall–Kier alpha value is 0.270. The molecule has 3 heterocycles. The first-order valence-corrected chi connectivity index (χ1v) is 7.58. The van der Waals surface area contributed by atoms with Gasteiger partial charge in [0, 0.05) is 23.9 Å². The molecule has 0 saturated carbocycles. The highest BCUT2D eigenvalue weighted by Gasteiger charge is 2.53. The number of hydrogen-bond acceptors (Lipinski definition) is 3. The van der Waals surface area contributed by atoms with Crippen molar-refractivity contribution >= 4 is 11.8 Å². The Bertz CT molecular complexity index is 248. The second kappa shape index (κ2) is 3.94. The fourth-order valence-electron chi connectivity index (χ4n) is 4.02. The quantitative estimate of drug-likeness (QED) is 0.716. The summed E-state index contributed by atoms with van der Waals surface area (Å²) < 4.78 is 5.67. The van der Waals surface area contributed by atoms with E-state index in [4.69, 9.17) is 4.74 Å². The average Bonchev–Trinajstić information content (AvgIpc) is 2.73. The maximum Gasteiger partial charge on any atom is 0.0624 e. The summed E-state index contributed by atoms with van der Waals surface area (Å²) in [7, 11) is 0. The molecule has 2 nitrogen and oxygen atoms in total. The molecular weight excluding hydrogens is 206 g/mol. The molecule has 0 radical (unpaired) electrons. The van der Waals surface area contributed by atoms with E-state index in [1.165, 1.54) is 38.0 Å². The van der Waals surface area contributed by atoms with E-state index in [1.54, 1.807) is 0 Å². The van der Waals surface area contributed by atoms with Crippen LogP contribution in [-0.2, 0) is 4.74 Å². The van der Waals surface area contributed by atoms with Crippen LogP contribution in [0.5, 0.6) is 0 Å². The van der Waals surface area contributed by atoms with E-state index in [0.29, 0.717) is 5.54 Å². The van der Waals surface area contributed by atoms with Gasteiger partial charge in [-0.25, -0.2) is 0 Å². The monoisotopic (exact) mass is 227 g/mol. The lowest BCUT2D eigenvalue weighted by Gasteiger charge is -2.35. The molecule has 3 unspecified atom stereocenters. The zero-order valence-corrected chi connectivity index (χ0v) is 10.4. The van der Waals surface area contributed by atoms with Crippen molar-refractivity contribution in [2.45, 2.75) is 37.3 Å². The predicted molar refractivity (Wildman–Crippen MR) is 64.4 cm³/mol. The molecule has 15 heavy (non-hydrogen) atoms. The van der Waals surface area contributed by atoms with Gasteiger partial charge in [-0.3, -0.25) is 4.90 Å². The maximum atomic E-state index is 5.67. The van der Waals surface area contributed by atoms with Crippen molar-refractivity contribution in [2.24, 2.45) is 5.92 Å². The van der Waals surface area contributed by atoms with Gasteiger partial charge in [-0.05, 0) is 44.4 Å². The Balaban J connectivity index is 1.82. The molecule has 3 aliphatic rings. The molecule has 0 aromatic carbocycles. The van der Waals surface area contributed by atoms with Gasteiger partial charge in [0.2, 0.25) is 0 Å². The van der Waals surface area contributed by atoms with Crippen LogP contribution >= 0.6 is 11.8 Å². The molecule has 3 atom stereocenters. The van der Waals surface area contributed by atoms with Crippen LogP contribution < -0.4 is 0 Å². The number of nitrogens with zero attached hydrogens (tertiary/aromatic N) is 1. The molecule has 0 amide bonds. The zero-order chi connectivity index (χ0) is 10.3. The van der Waals surface area contributed by atoms with E-state index in [0.717, 1.165) is 25.2 Å². The fourth-order valence-corrected chi connectivity index (χ4v) is 4.98. The van der Waals surface area contributed by atoms with Crippen molar-refractivity contribution in [3.05, 3.63) is 0 Å². The third-order valence-electron chi connectivity index (χ3n) is 4.57. The van der Waals surface area contributed by atoms with E-state index in [-0.39, 0.29) is 0 Å². The summed E-state index contributed by atoms with van der Waals surface area (Å²) in [6, 6.07) is 0.758. The van der Waals surface area contributed by atoms with Gasteiger partial charge >= 0.3 is 0 Å². The first-order valence-electron chi connectivity index (χ1n) is 6.19. The van der Waals surface area contributed by atoms with E-state index in [9.17, 15) is 0 Å². The second-order valence-corrected chi connectivity index (χ2v) is 6.22. The first-order chi connectivity index (χ1) is 7.36. The SMILES string of the molecule is CSCC12CCCN1C1COCCC1C2. The van der Waals surface area contributed by atoms with E-state index >= 15 is 0 Å². The van der Waals surface area contributed by atoms with Gasteiger partial charge in [-0.1, -0.05) is 0 Å². The molecule has 0 aliphatic carbocycles. The van der Waals surface area contributed by atoms with Crippen molar-refractivity contribution in [1.82, 2.24) is 4.90 Å². The minimum atomic E-state index is 0.558. The van der Waals surface area contributed by atoms with Gasteiger partial charge in [0.05, 0.1) is 6.61 Å². The third kappa shape index (κ3) is 1.55. The van der Waals surface area contributed by atoms with Gasteiger partial charge in [-0.2, -0.15) is 11.8 Å². The van der Waals surface area contributed by atoms with Crippen LogP contribution in [0.1, 0.15) is 25.7 Å². The topological polar surface area (TPSA) is 12.5 Å². The minimum absolute atomic E-state index is 0.558. The fraction of sp³-hybridized carbons (Fsp3) is 1.00. The van der Waals surface area contributed by atoms with Gasteiger partial charge in [-0.15, -0.1) is 0 Å². The molecule has 3 saturated heterocycles. The molecular formula is C12H21NOS. The second-order valence-electron chi connectivity index (χ2n) is 5.35. The molecule has 86 valence electrons. The Morgan fingerprint density at radius 1 is 1.53 bits per heavy atom.